The summed E-state index contributed by atoms with van der Waals surface area (Å²) in [6.45, 7) is 8.57. The maximum absolute atomic E-state index is 12.5. The largest absolute Gasteiger partial charge is 0.445 e. The normalized spacial score (nSPS) is 32.7. The molecule has 286 valence electrons. The van der Waals surface area contributed by atoms with E-state index in [1.54, 1.807) is 39.8 Å². The zero-order valence-electron chi connectivity index (χ0n) is 28.7. The lowest BCUT2D eigenvalue weighted by Crippen LogP contribution is -2.46. The molecule has 2 N–H and O–H groups in total. The number of aliphatic hydroxyl groups is 2. The summed E-state index contributed by atoms with van der Waals surface area (Å²) in [5, 5.41) is 24.2. The number of aliphatic hydroxyl groups excluding tert-OH is 2. The molecule has 5 saturated heterocycles. The summed E-state index contributed by atoms with van der Waals surface area (Å²) in [6.07, 6.45) is -6.71. The number of hydrogen-bond acceptors (Lipinski definition) is 14. The maximum atomic E-state index is 12.5. The van der Waals surface area contributed by atoms with Gasteiger partial charge in [-0.1, -0.05) is 60.6 Å². The predicted octanol–water partition coefficient (Wildman–Crippen LogP) is 3.50. The molecule has 5 aliphatic heterocycles. The molecule has 1 amide bonds. The number of carbonyl (C=O) groups is 1. The van der Waals surface area contributed by atoms with E-state index >= 15 is 0 Å². The van der Waals surface area contributed by atoms with Crippen molar-refractivity contribution in [1.82, 2.24) is 4.90 Å². The minimum Gasteiger partial charge on any atom is -0.445 e. The van der Waals surface area contributed by atoms with Crippen molar-refractivity contribution in [2.24, 2.45) is 5.11 Å². The van der Waals surface area contributed by atoms with Crippen molar-refractivity contribution in [2.75, 3.05) is 13.2 Å². The molecule has 5 aliphatic rings. The highest BCUT2D eigenvalue weighted by Crippen LogP contribution is 2.43. The third-order valence-corrected chi connectivity index (χ3v) is 10.2. The summed E-state index contributed by atoms with van der Waals surface area (Å²) in [6, 6.07) is 14.3. The number of β-amino-alcohol motifs (C(OH)–C–C–N with tert-alkyl or cyclic N) is 1. The Balaban J connectivity index is 0.000000198. The SMILES string of the molecule is C.CC1(C)O[C@H]2O[C@H]3[C@@H]([C@H]2O1)N(C(=O)OCc1ccccc1)C[C@H]3O.Cc1ccc(S(=O)(=O)OC[C@@H](O)[C@H]2O[C@@H]3OC(C)(C)O[C@@H]3[C@H]2N=[N+]=[N-])cc1. The van der Waals surface area contributed by atoms with E-state index in [1.165, 1.54) is 17.0 Å². The van der Waals surface area contributed by atoms with Gasteiger partial charge < -0.3 is 43.4 Å². The Morgan fingerprint density at radius 3 is 2.23 bits per heavy atom. The van der Waals surface area contributed by atoms with Crippen LogP contribution in [0.4, 0.5) is 4.79 Å². The molecular formula is C34H46N4O13S. The molecular weight excluding hydrogens is 704 g/mol. The Bertz CT molecular complexity index is 1710. The van der Waals surface area contributed by atoms with Gasteiger partial charge in [-0.05, 0) is 57.8 Å². The van der Waals surface area contributed by atoms with Gasteiger partial charge in [0.2, 0.25) is 0 Å². The van der Waals surface area contributed by atoms with Gasteiger partial charge in [0, 0.05) is 4.91 Å². The Morgan fingerprint density at radius 2 is 1.60 bits per heavy atom. The summed E-state index contributed by atoms with van der Waals surface area (Å²) in [5.41, 5.74) is 10.6. The monoisotopic (exact) mass is 750 g/mol. The van der Waals surface area contributed by atoms with E-state index in [1.807, 2.05) is 37.3 Å². The maximum Gasteiger partial charge on any atom is 0.410 e. The summed E-state index contributed by atoms with van der Waals surface area (Å²) in [4.78, 5) is 16.7. The van der Waals surface area contributed by atoms with Crippen molar-refractivity contribution in [3.05, 3.63) is 76.2 Å². The summed E-state index contributed by atoms with van der Waals surface area (Å²) >= 11 is 0. The van der Waals surface area contributed by atoms with E-state index in [0.29, 0.717) is 0 Å². The molecule has 0 aliphatic carbocycles. The van der Waals surface area contributed by atoms with Gasteiger partial charge >= 0.3 is 6.09 Å². The third kappa shape index (κ3) is 8.53. The van der Waals surface area contributed by atoms with Gasteiger partial charge in [-0.15, -0.1) is 0 Å². The van der Waals surface area contributed by atoms with Crippen molar-refractivity contribution >= 4 is 16.2 Å². The summed E-state index contributed by atoms with van der Waals surface area (Å²) in [5.74, 6) is -1.69. The average molecular weight is 751 g/mol. The van der Waals surface area contributed by atoms with Crippen LogP contribution in [0.2, 0.25) is 0 Å². The Morgan fingerprint density at radius 1 is 0.981 bits per heavy atom. The van der Waals surface area contributed by atoms with Crippen molar-refractivity contribution in [1.29, 1.82) is 0 Å². The zero-order chi connectivity index (χ0) is 36.7. The van der Waals surface area contributed by atoms with Gasteiger partial charge in [-0.25, -0.2) is 4.79 Å². The summed E-state index contributed by atoms with van der Waals surface area (Å²) in [7, 11) is -4.05. The molecule has 0 unspecified atom stereocenters. The molecule has 0 bridgehead atoms. The molecule has 0 aromatic heterocycles. The second-order valence-corrected chi connectivity index (χ2v) is 15.3. The number of aryl methyl sites for hydroxylation is 1. The van der Waals surface area contributed by atoms with E-state index in [-0.39, 0.29) is 25.5 Å². The number of fused-ring (bicyclic) bond motifs is 4. The van der Waals surface area contributed by atoms with Crippen LogP contribution < -0.4 is 0 Å². The predicted molar refractivity (Wildman–Crippen MR) is 181 cm³/mol. The van der Waals surface area contributed by atoms with E-state index in [4.69, 9.17) is 42.9 Å². The van der Waals surface area contributed by atoms with Crippen LogP contribution in [0.25, 0.3) is 10.4 Å². The first-order valence-electron chi connectivity index (χ1n) is 16.4. The first-order valence-corrected chi connectivity index (χ1v) is 17.8. The standard InChI is InChI=1S/C17H21NO6.C16H21N3O7S.CH4/c1-17(2)23-14-12-13(22-15(14)24-17)11(19)8-18(12)16(20)21-9-10-6-4-3-5-7-10;1-9-4-6-10(7-5-9)27(21,22)23-8-11(20)13-12(18-19-17)14-15(24-13)26-16(2,3)25-14;/h3-7,11-15,19H,8-9H2,1-2H3;4-7,11-15,20H,8H2,1-3H3;1H4/t2*11-,12+,13-,14-,15-;/m11./s1. The molecule has 5 fully saturated rings. The lowest BCUT2D eigenvalue weighted by atomic mass is 10.0. The third-order valence-electron chi connectivity index (χ3n) is 8.94. The second-order valence-electron chi connectivity index (χ2n) is 13.7. The fourth-order valence-electron chi connectivity index (χ4n) is 6.67. The van der Waals surface area contributed by atoms with Gasteiger partial charge in [-0.3, -0.25) is 9.08 Å². The first-order chi connectivity index (χ1) is 24.1. The number of nitrogens with zero attached hydrogens (tertiary/aromatic N) is 4. The van der Waals surface area contributed by atoms with Crippen LogP contribution in [-0.4, -0.2) is 116 Å². The van der Waals surface area contributed by atoms with Gasteiger partial charge in [-0.2, -0.15) is 8.42 Å². The van der Waals surface area contributed by atoms with Crippen molar-refractivity contribution in [3.8, 4) is 0 Å². The second kappa shape index (κ2) is 15.5. The number of hydrogen-bond donors (Lipinski definition) is 2. The van der Waals surface area contributed by atoms with Gasteiger partial charge in [0.15, 0.2) is 24.2 Å². The number of rotatable bonds is 8. The minimum absolute atomic E-state index is 0. The molecule has 0 radical (unpaired) electrons. The molecule has 52 heavy (non-hydrogen) atoms. The highest BCUT2D eigenvalue weighted by Gasteiger charge is 2.62. The number of benzene rings is 2. The van der Waals surface area contributed by atoms with Gasteiger partial charge in [0.1, 0.15) is 43.2 Å². The molecule has 18 heteroatoms. The fraction of sp³-hybridized carbons (Fsp3) is 0.618. The van der Waals surface area contributed by atoms with E-state index < -0.39 is 95.7 Å². The lowest BCUT2D eigenvalue weighted by molar-refractivity contribution is -0.217. The Hall–Kier alpha value is -3.39. The van der Waals surface area contributed by atoms with E-state index in [9.17, 15) is 23.4 Å². The highest BCUT2D eigenvalue weighted by atomic mass is 32.2. The molecule has 0 saturated carbocycles. The van der Waals surface area contributed by atoms with E-state index in [2.05, 4.69) is 10.0 Å². The van der Waals surface area contributed by atoms with E-state index in [0.717, 1.165) is 11.1 Å². The zero-order valence-corrected chi connectivity index (χ0v) is 29.5. The van der Waals surface area contributed by atoms with Gasteiger partial charge in [0.05, 0.1) is 30.1 Å². The Kier molecular flexibility index (Phi) is 11.9. The van der Waals surface area contributed by atoms with Crippen molar-refractivity contribution in [2.45, 2.75) is 126 Å². The van der Waals surface area contributed by atoms with Crippen LogP contribution >= 0.6 is 0 Å². The number of amides is 1. The molecule has 7 rings (SSSR count). The molecule has 0 spiro atoms. The van der Waals surface area contributed by atoms with Crippen LogP contribution in [0.15, 0.2) is 64.6 Å². The molecule has 2 aromatic carbocycles. The molecule has 17 nitrogen and oxygen atoms in total. The summed E-state index contributed by atoms with van der Waals surface area (Å²) < 4.78 is 69.0. The van der Waals surface area contributed by atoms with Gasteiger partial charge in [0.25, 0.3) is 10.1 Å². The van der Waals surface area contributed by atoms with Crippen LogP contribution in [0.1, 0.15) is 46.2 Å². The quantitative estimate of drug-likeness (QED) is 0.171. The number of ether oxygens (including phenoxy) is 7. The molecule has 10 atom stereocenters. The number of carbonyl (C=O) groups excluding carboxylic acids is 1. The molecule has 2 aromatic rings. The number of likely N-dealkylation sites (tertiary alicyclic amines) is 1. The fourth-order valence-corrected chi connectivity index (χ4v) is 7.59. The van der Waals surface area contributed by atoms with Crippen molar-refractivity contribution < 1.29 is 60.8 Å². The number of azide groups is 1. The van der Waals surface area contributed by atoms with Crippen molar-refractivity contribution in [3.63, 3.8) is 0 Å². The smallest absolute Gasteiger partial charge is 0.410 e. The minimum atomic E-state index is -4.05. The van der Waals surface area contributed by atoms with Crippen LogP contribution in [0.5, 0.6) is 0 Å². The highest BCUT2D eigenvalue weighted by molar-refractivity contribution is 7.86. The molecule has 5 heterocycles. The first kappa shape index (κ1) is 39.8. The lowest BCUT2D eigenvalue weighted by Gasteiger charge is -2.27. The van der Waals surface area contributed by atoms with Crippen LogP contribution in [0.3, 0.4) is 0 Å². The average Bonchev–Trinajstić information content (AvgIpc) is 3.83. The topological polar surface area (TPSA) is 218 Å². The van der Waals surface area contributed by atoms with Crippen LogP contribution in [0, 0.1) is 6.92 Å². The van der Waals surface area contributed by atoms with Crippen LogP contribution in [-0.2, 0) is 54.1 Å². The Labute approximate surface area is 302 Å².